The summed E-state index contributed by atoms with van der Waals surface area (Å²) < 4.78 is 37.6. The molecule has 1 fully saturated rings. The molecule has 4 nitrogen and oxygen atoms in total. The van der Waals surface area contributed by atoms with E-state index in [1.165, 1.54) is 18.5 Å². The van der Waals surface area contributed by atoms with Crippen LogP contribution in [0.25, 0.3) is 0 Å². The Labute approximate surface area is 114 Å². The number of benzene rings is 1. The summed E-state index contributed by atoms with van der Waals surface area (Å²) in [7, 11) is 0. The number of ether oxygens (including phenoxy) is 1. The number of rotatable bonds is 4. The minimum absolute atomic E-state index is 0.00139. The first-order valence-electron chi connectivity index (χ1n) is 6.46. The largest absolute Gasteiger partial charge is 0.477 e. The first-order chi connectivity index (χ1) is 9.74. The van der Waals surface area contributed by atoms with Gasteiger partial charge in [0.25, 0.3) is 0 Å². The van der Waals surface area contributed by atoms with Crippen molar-refractivity contribution >= 4 is 0 Å². The molecule has 2 aromatic rings. The first kappa shape index (κ1) is 13.1. The van der Waals surface area contributed by atoms with Crippen molar-refractivity contribution in [2.24, 2.45) is 5.92 Å². The van der Waals surface area contributed by atoms with Gasteiger partial charge >= 0.3 is 0 Å². The van der Waals surface area contributed by atoms with Crippen molar-refractivity contribution in [3.63, 3.8) is 0 Å². The normalized spacial score (nSPS) is 20.0. The number of oxazole rings is 1. The highest BCUT2D eigenvalue weighted by atomic mass is 19.1. The predicted molar refractivity (Wildman–Crippen MR) is 67.2 cm³/mol. The standard InChI is InChI=1S/C14H14F2N2O2/c15-10-1-2-12(11(16)7-10)20-13(9-3-4-17-8-9)14-18-5-6-19-14/h1-2,5-7,9,13,17H,3-4,8H2. The molecular formula is C14H14F2N2O2. The smallest absolute Gasteiger partial charge is 0.235 e. The topological polar surface area (TPSA) is 47.3 Å². The average Bonchev–Trinajstić information content (AvgIpc) is 3.11. The quantitative estimate of drug-likeness (QED) is 0.935. The van der Waals surface area contributed by atoms with Gasteiger partial charge in [0.15, 0.2) is 17.7 Å². The summed E-state index contributed by atoms with van der Waals surface area (Å²) >= 11 is 0. The van der Waals surface area contributed by atoms with Crippen molar-refractivity contribution in [2.45, 2.75) is 12.5 Å². The lowest BCUT2D eigenvalue weighted by Crippen LogP contribution is -2.22. The van der Waals surface area contributed by atoms with E-state index in [2.05, 4.69) is 10.3 Å². The van der Waals surface area contributed by atoms with Crippen LogP contribution in [0.1, 0.15) is 18.4 Å². The molecule has 1 saturated heterocycles. The maximum Gasteiger partial charge on any atom is 0.235 e. The molecule has 0 spiro atoms. The summed E-state index contributed by atoms with van der Waals surface area (Å²) in [6, 6.07) is 3.25. The van der Waals surface area contributed by atoms with Gasteiger partial charge in [-0.25, -0.2) is 13.8 Å². The third kappa shape index (κ3) is 2.65. The van der Waals surface area contributed by atoms with Gasteiger partial charge in [0.1, 0.15) is 12.1 Å². The van der Waals surface area contributed by atoms with Gasteiger partial charge in [-0.05, 0) is 25.1 Å². The molecule has 3 rings (SSSR count). The number of hydrogen-bond acceptors (Lipinski definition) is 4. The number of nitrogens with one attached hydrogen (secondary N) is 1. The molecule has 6 heteroatoms. The average molecular weight is 280 g/mol. The lowest BCUT2D eigenvalue weighted by molar-refractivity contribution is 0.109. The summed E-state index contributed by atoms with van der Waals surface area (Å²) in [5.74, 6) is -0.820. The highest BCUT2D eigenvalue weighted by Gasteiger charge is 2.31. The second-order valence-electron chi connectivity index (χ2n) is 4.74. The fourth-order valence-corrected chi connectivity index (χ4v) is 2.37. The van der Waals surface area contributed by atoms with Gasteiger partial charge in [0.05, 0.1) is 6.20 Å². The molecule has 2 atom stereocenters. The molecule has 1 aliphatic rings. The van der Waals surface area contributed by atoms with Crippen LogP contribution in [0.5, 0.6) is 5.75 Å². The number of aromatic nitrogens is 1. The highest BCUT2D eigenvalue weighted by Crippen LogP contribution is 2.32. The zero-order valence-electron chi connectivity index (χ0n) is 10.7. The molecule has 2 unspecified atom stereocenters. The molecule has 20 heavy (non-hydrogen) atoms. The van der Waals surface area contributed by atoms with Crippen LogP contribution < -0.4 is 10.1 Å². The van der Waals surface area contributed by atoms with Crippen LogP contribution in [0.2, 0.25) is 0 Å². The summed E-state index contributed by atoms with van der Waals surface area (Å²) in [4.78, 5) is 4.09. The Morgan fingerprint density at radius 1 is 1.40 bits per heavy atom. The van der Waals surface area contributed by atoms with Gasteiger partial charge in [-0.2, -0.15) is 0 Å². The number of hydrogen-bond donors (Lipinski definition) is 1. The second-order valence-corrected chi connectivity index (χ2v) is 4.74. The van der Waals surface area contributed by atoms with Gasteiger partial charge in [-0.15, -0.1) is 0 Å². The van der Waals surface area contributed by atoms with Crippen molar-refractivity contribution < 1.29 is 17.9 Å². The Morgan fingerprint density at radius 2 is 2.30 bits per heavy atom. The van der Waals surface area contributed by atoms with Crippen molar-refractivity contribution in [3.8, 4) is 5.75 Å². The van der Waals surface area contributed by atoms with Crippen LogP contribution in [-0.4, -0.2) is 18.1 Å². The summed E-state index contributed by atoms with van der Waals surface area (Å²) in [6.07, 6.45) is 3.38. The molecule has 0 saturated carbocycles. The molecule has 0 bridgehead atoms. The Bertz CT molecular complexity index is 569. The van der Waals surface area contributed by atoms with Crippen molar-refractivity contribution in [2.75, 3.05) is 13.1 Å². The predicted octanol–water partition coefficient (Wildman–Crippen LogP) is 2.68. The summed E-state index contributed by atoms with van der Waals surface area (Å²) in [5.41, 5.74) is 0. The Balaban J connectivity index is 1.86. The van der Waals surface area contributed by atoms with Crippen molar-refractivity contribution in [1.82, 2.24) is 10.3 Å². The molecule has 0 amide bonds. The van der Waals surface area contributed by atoms with Crippen LogP contribution in [0, 0.1) is 17.6 Å². The van der Waals surface area contributed by atoms with Gasteiger partial charge in [-0.1, -0.05) is 0 Å². The van der Waals surface area contributed by atoms with Crippen LogP contribution >= 0.6 is 0 Å². The van der Waals surface area contributed by atoms with E-state index in [4.69, 9.17) is 9.15 Å². The van der Waals surface area contributed by atoms with Gasteiger partial charge in [0, 0.05) is 18.5 Å². The molecule has 1 aliphatic heterocycles. The zero-order chi connectivity index (χ0) is 13.9. The first-order valence-corrected chi connectivity index (χ1v) is 6.46. The molecule has 1 aromatic heterocycles. The summed E-state index contributed by atoms with van der Waals surface area (Å²) in [6.45, 7) is 1.62. The Morgan fingerprint density at radius 3 is 2.95 bits per heavy atom. The van der Waals surface area contributed by atoms with Crippen LogP contribution in [0.3, 0.4) is 0 Å². The van der Waals surface area contributed by atoms with Crippen LogP contribution in [0.4, 0.5) is 8.78 Å². The number of halogens is 2. The van der Waals surface area contributed by atoms with Gasteiger partial charge < -0.3 is 14.5 Å². The summed E-state index contributed by atoms with van der Waals surface area (Å²) in [5, 5.41) is 3.22. The molecule has 0 aliphatic carbocycles. The van der Waals surface area contributed by atoms with Crippen LogP contribution in [0.15, 0.2) is 35.1 Å². The molecular weight excluding hydrogens is 266 g/mol. The zero-order valence-corrected chi connectivity index (χ0v) is 10.7. The fourth-order valence-electron chi connectivity index (χ4n) is 2.37. The molecule has 2 heterocycles. The monoisotopic (exact) mass is 280 g/mol. The van der Waals surface area contributed by atoms with Gasteiger partial charge in [0.2, 0.25) is 5.89 Å². The van der Waals surface area contributed by atoms with Crippen molar-refractivity contribution in [3.05, 3.63) is 48.2 Å². The fraction of sp³-hybridized carbons (Fsp3) is 0.357. The lowest BCUT2D eigenvalue weighted by atomic mass is 10.0. The Kier molecular flexibility index (Phi) is 3.64. The molecule has 106 valence electrons. The van der Waals surface area contributed by atoms with E-state index < -0.39 is 17.7 Å². The van der Waals surface area contributed by atoms with E-state index in [9.17, 15) is 8.78 Å². The van der Waals surface area contributed by atoms with E-state index in [1.807, 2.05) is 0 Å². The molecule has 1 N–H and O–H groups in total. The third-order valence-electron chi connectivity index (χ3n) is 3.37. The maximum absolute atomic E-state index is 13.7. The van der Waals surface area contributed by atoms with E-state index in [0.717, 1.165) is 31.6 Å². The van der Waals surface area contributed by atoms with Crippen molar-refractivity contribution in [1.29, 1.82) is 0 Å². The van der Waals surface area contributed by atoms with Crippen LogP contribution in [-0.2, 0) is 0 Å². The van der Waals surface area contributed by atoms with E-state index >= 15 is 0 Å². The van der Waals surface area contributed by atoms with E-state index in [1.54, 1.807) is 0 Å². The minimum Gasteiger partial charge on any atom is -0.477 e. The third-order valence-corrected chi connectivity index (χ3v) is 3.37. The molecule has 1 aromatic carbocycles. The molecule has 0 radical (unpaired) electrons. The second kappa shape index (κ2) is 5.58. The number of nitrogens with zero attached hydrogens (tertiary/aromatic N) is 1. The Hall–Kier alpha value is -1.95. The SMILES string of the molecule is Fc1ccc(OC(c2ncco2)C2CCNC2)c(F)c1. The van der Waals surface area contributed by atoms with E-state index in [-0.39, 0.29) is 11.7 Å². The highest BCUT2D eigenvalue weighted by molar-refractivity contribution is 5.25. The lowest BCUT2D eigenvalue weighted by Gasteiger charge is -2.21. The van der Waals surface area contributed by atoms with Gasteiger partial charge in [-0.3, -0.25) is 0 Å². The minimum atomic E-state index is -0.729. The van der Waals surface area contributed by atoms with E-state index in [0.29, 0.717) is 5.89 Å². The maximum atomic E-state index is 13.7.